The first-order chi connectivity index (χ1) is 10.9. The molecule has 6 heteroatoms. The predicted molar refractivity (Wildman–Crippen MR) is 99.3 cm³/mol. The van der Waals surface area contributed by atoms with Crippen LogP contribution in [0.3, 0.4) is 0 Å². The number of hydrogen-bond acceptors (Lipinski definition) is 4. The van der Waals surface area contributed by atoms with Gasteiger partial charge in [-0.1, -0.05) is 13.8 Å². The molecule has 0 aliphatic rings. The molecular formula is C17H24BrN5. The van der Waals surface area contributed by atoms with Crippen molar-refractivity contribution in [2.75, 3.05) is 19.0 Å². The molecule has 0 atom stereocenters. The van der Waals surface area contributed by atoms with Crippen molar-refractivity contribution in [1.82, 2.24) is 9.78 Å². The Hall–Kier alpha value is -1.69. The van der Waals surface area contributed by atoms with Crippen LogP contribution in [0.2, 0.25) is 0 Å². The van der Waals surface area contributed by atoms with Crippen LogP contribution in [0.4, 0.5) is 17.2 Å². The molecule has 1 heterocycles. The zero-order valence-corrected chi connectivity index (χ0v) is 16.3. The van der Waals surface area contributed by atoms with Gasteiger partial charge in [-0.3, -0.25) is 4.68 Å². The second kappa shape index (κ2) is 7.25. The average Bonchev–Trinajstić information content (AvgIpc) is 2.78. The third-order valence-corrected chi connectivity index (χ3v) is 4.74. The molecule has 0 amide bonds. The van der Waals surface area contributed by atoms with Gasteiger partial charge in [0, 0.05) is 26.8 Å². The van der Waals surface area contributed by atoms with Gasteiger partial charge < -0.3 is 4.90 Å². The Morgan fingerprint density at radius 3 is 2.39 bits per heavy atom. The molecule has 0 N–H and O–H groups in total. The molecule has 1 aromatic carbocycles. The summed E-state index contributed by atoms with van der Waals surface area (Å²) in [5.41, 5.74) is 5.56. The summed E-state index contributed by atoms with van der Waals surface area (Å²) in [5.74, 6) is 0.627. The number of azo groups is 1. The minimum Gasteiger partial charge on any atom is -0.378 e. The summed E-state index contributed by atoms with van der Waals surface area (Å²) in [4.78, 5) is 2.11. The van der Waals surface area contributed by atoms with Crippen molar-refractivity contribution >= 4 is 33.1 Å². The van der Waals surface area contributed by atoms with E-state index in [2.05, 4.69) is 69.1 Å². The van der Waals surface area contributed by atoms with Gasteiger partial charge in [0.05, 0.1) is 15.9 Å². The Kier molecular flexibility index (Phi) is 5.57. The van der Waals surface area contributed by atoms with Crippen LogP contribution in [0.15, 0.2) is 26.8 Å². The van der Waals surface area contributed by atoms with Crippen LogP contribution in [-0.4, -0.2) is 23.9 Å². The van der Waals surface area contributed by atoms with Gasteiger partial charge in [0.2, 0.25) is 5.82 Å². The maximum Gasteiger partial charge on any atom is 0.210 e. The van der Waals surface area contributed by atoms with Crippen molar-refractivity contribution in [2.24, 2.45) is 17.3 Å². The summed E-state index contributed by atoms with van der Waals surface area (Å²) in [6, 6.07) is 4.31. The minimum absolute atomic E-state index is 0.627. The first-order valence-corrected chi connectivity index (χ1v) is 8.62. The van der Waals surface area contributed by atoms with E-state index in [1.807, 2.05) is 25.8 Å². The van der Waals surface area contributed by atoms with E-state index < -0.39 is 0 Å². The van der Waals surface area contributed by atoms with Crippen LogP contribution < -0.4 is 4.90 Å². The summed E-state index contributed by atoms with van der Waals surface area (Å²) in [6.07, 6.45) is 1.82. The zero-order chi connectivity index (χ0) is 17.1. The quantitative estimate of drug-likeness (QED) is 0.680. The molecule has 0 bridgehead atoms. The second-order valence-corrected chi connectivity index (χ2v) is 6.57. The number of rotatable bonds is 5. The first kappa shape index (κ1) is 17.7. The summed E-state index contributed by atoms with van der Waals surface area (Å²) in [5, 5.41) is 13.3. The lowest BCUT2D eigenvalue weighted by Gasteiger charge is -2.16. The van der Waals surface area contributed by atoms with Gasteiger partial charge in [-0.15, -0.1) is 15.3 Å². The van der Waals surface area contributed by atoms with Gasteiger partial charge in [-0.05, 0) is 59.0 Å². The average molecular weight is 378 g/mol. The van der Waals surface area contributed by atoms with Gasteiger partial charge in [0.15, 0.2) is 0 Å². The molecule has 2 aromatic rings. The number of anilines is 1. The largest absolute Gasteiger partial charge is 0.378 e. The lowest BCUT2D eigenvalue weighted by Crippen LogP contribution is -2.09. The van der Waals surface area contributed by atoms with Crippen molar-refractivity contribution in [3.05, 3.63) is 33.4 Å². The van der Waals surface area contributed by atoms with Crippen molar-refractivity contribution < 1.29 is 0 Å². The summed E-state index contributed by atoms with van der Waals surface area (Å²) in [7, 11) is 6.02. The van der Waals surface area contributed by atoms with Gasteiger partial charge in [-0.2, -0.15) is 0 Å². The third kappa shape index (κ3) is 3.63. The monoisotopic (exact) mass is 377 g/mol. The lowest BCUT2D eigenvalue weighted by molar-refractivity contribution is 0.716. The highest BCUT2D eigenvalue weighted by molar-refractivity contribution is 9.10. The van der Waals surface area contributed by atoms with E-state index >= 15 is 0 Å². The molecule has 0 unspecified atom stereocenters. The van der Waals surface area contributed by atoms with E-state index in [-0.39, 0.29) is 0 Å². The lowest BCUT2D eigenvalue weighted by atomic mass is 10.0. The number of benzene rings is 1. The topological polar surface area (TPSA) is 45.8 Å². The van der Waals surface area contributed by atoms with Crippen molar-refractivity contribution in [3.63, 3.8) is 0 Å². The molecule has 0 radical (unpaired) electrons. The Morgan fingerprint density at radius 2 is 1.87 bits per heavy atom. The smallest absolute Gasteiger partial charge is 0.210 e. The van der Waals surface area contributed by atoms with E-state index in [1.54, 1.807) is 0 Å². The van der Waals surface area contributed by atoms with Gasteiger partial charge in [0.25, 0.3) is 0 Å². The summed E-state index contributed by atoms with van der Waals surface area (Å²) >= 11 is 3.58. The Bertz CT molecular complexity index is 731. The number of aromatic nitrogens is 2. The van der Waals surface area contributed by atoms with Crippen LogP contribution in [0.1, 0.15) is 30.7 Å². The first-order valence-electron chi connectivity index (χ1n) is 7.82. The molecule has 5 nitrogen and oxygen atoms in total. The summed E-state index contributed by atoms with van der Waals surface area (Å²) in [6.45, 7) is 6.31. The standard InChI is InChI=1S/C17H24BrN5/c1-7-12-10-13(22(4)5)9-11(3)16(12)19-20-17-15(18)14(8-2)23(6)21-17/h9-10H,7-8H2,1-6H3. The zero-order valence-electron chi connectivity index (χ0n) is 14.7. The molecule has 0 aliphatic carbocycles. The van der Waals surface area contributed by atoms with Crippen LogP contribution in [0.5, 0.6) is 0 Å². The van der Waals surface area contributed by atoms with Crippen molar-refractivity contribution in [3.8, 4) is 0 Å². The molecule has 0 fully saturated rings. The van der Waals surface area contributed by atoms with Gasteiger partial charge >= 0.3 is 0 Å². The molecule has 124 valence electrons. The fraction of sp³-hybridized carbons (Fsp3) is 0.471. The molecule has 0 saturated carbocycles. The fourth-order valence-corrected chi connectivity index (χ4v) is 3.26. The normalized spacial score (nSPS) is 11.4. The van der Waals surface area contributed by atoms with Gasteiger partial charge in [0.1, 0.15) is 0 Å². The van der Waals surface area contributed by atoms with Crippen LogP contribution in [0.25, 0.3) is 0 Å². The van der Waals surface area contributed by atoms with Crippen LogP contribution in [0, 0.1) is 6.92 Å². The highest BCUT2D eigenvalue weighted by Gasteiger charge is 2.13. The van der Waals surface area contributed by atoms with Crippen molar-refractivity contribution in [1.29, 1.82) is 0 Å². The Balaban J connectivity index is 2.43. The van der Waals surface area contributed by atoms with E-state index in [9.17, 15) is 0 Å². The van der Waals surface area contributed by atoms with Crippen LogP contribution >= 0.6 is 15.9 Å². The van der Waals surface area contributed by atoms with E-state index in [4.69, 9.17) is 0 Å². The van der Waals surface area contributed by atoms with E-state index in [0.717, 1.165) is 34.3 Å². The van der Waals surface area contributed by atoms with E-state index in [0.29, 0.717) is 5.82 Å². The molecule has 2 rings (SSSR count). The molecular weight excluding hydrogens is 354 g/mol. The Labute approximate surface area is 146 Å². The van der Waals surface area contributed by atoms with Crippen molar-refractivity contribution in [2.45, 2.75) is 33.6 Å². The second-order valence-electron chi connectivity index (χ2n) is 5.78. The molecule has 1 aromatic heterocycles. The number of nitrogens with zero attached hydrogens (tertiary/aromatic N) is 5. The molecule has 0 saturated heterocycles. The maximum absolute atomic E-state index is 4.50. The van der Waals surface area contributed by atoms with Gasteiger partial charge in [-0.25, -0.2) is 0 Å². The molecule has 0 aliphatic heterocycles. The highest BCUT2D eigenvalue weighted by atomic mass is 79.9. The fourth-order valence-electron chi connectivity index (χ4n) is 2.57. The van der Waals surface area contributed by atoms with Crippen LogP contribution in [-0.2, 0) is 19.9 Å². The molecule has 23 heavy (non-hydrogen) atoms. The summed E-state index contributed by atoms with van der Waals surface area (Å²) < 4.78 is 2.77. The van der Waals surface area contributed by atoms with E-state index in [1.165, 1.54) is 11.3 Å². The molecule has 0 spiro atoms. The minimum atomic E-state index is 0.627. The number of halogens is 1. The maximum atomic E-state index is 4.50. The number of aryl methyl sites for hydroxylation is 3. The third-order valence-electron chi connectivity index (χ3n) is 3.93. The predicted octanol–water partition coefficient (Wildman–Crippen LogP) is 5.10. The number of hydrogen-bond donors (Lipinski definition) is 0. The Morgan fingerprint density at radius 1 is 1.17 bits per heavy atom. The SMILES string of the molecule is CCc1cc(N(C)C)cc(C)c1N=Nc1nn(C)c(CC)c1Br. The highest BCUT2D eigenvalue weighted by Crippen LogP contribution is 2.33.